The van der Waals surface area contributed by atoms with E-state index in [0.717, 1.165) is 13.0 Å². The molecule has 5 nitrogen and oxygen atoms in total. The van der Waals surface area contributed by atoms with Gasteiger partial charge >= 0.3 is 0 Å². The molecule has 0 aliphatic rings. The standard InChI is InChI=1S/C15H17Cl2N3O2/c1-19(4-2-5-20-6-3-18-10-20)15(22)14(21)11-7-12(16)9-13(17)8-11/h3,6-10,14,21H,2,4-5H2,1H3. The van der Waals surface area contributed by atoms with Gasteiger partial charge in [-0.05, 0) is 30.2 Å². The number of hydrogen-bond acceptors (Lipinski definition) is 3. The molecule has 1 aromatic carbocycles. The number of aromatic nitrogens is 2. The molecule has 22 heavy (non-hydrogen) atoms. The van der Waals surface area contributed by atoms with E-state index < -0.39 is 6.10 Å². The molecule has 7 heteroatoms. The second-order valence-corrected chi connectivity index (χ2v) is 5.89. The first kappa shape index (κ1) is 16.8. The Kier molecular flexibility index (Phi) is 5.83. The van der Waals surface area contributed by atoms with Crippen LogP contribution in [0.5, 0.6) is 0 Å². The number of imidazole rings is 1. The molecule has 0 aliphatic heterocycles. The van der Waals surface area contributed by atoms with E-state index >= 15 is 0 Å². The van der Waals surface area contributed by atoms with Crippen molar-refractivity contribution in [2.24, 2.45) is 0 Å². The van der Waals surface area contributed by atoms with E-state index in [-0.39, 0.29) is 5.91 Å². The summed E-state index contributed by atoms with van der Waals surface area (Å²) in [5.41, 5.74) is 0.393. The number of aliphatic hydroxyl groups is 1. The van der Waals surface area contributed by atoms with Gasteiger partial charge in [-0.3, -0.25) is 4.79 Å². The number of carbonyl (C=O) groups excluding carboxylic acids is 1. The number of hydrogen-bond donors (Lipinski definition) is 1. The van der Waals surface area contributed by atoms with E-state index in [1.165, 1.54) is 17.0 Å². The average molecular weight is 342 g/mol. The molecule has 118 valence electrons. The number of halogens is 2. The Labute approximate surface area is 139 Å². The summed E-state index contributed by atoms with van der Waals surface area (Å²) in [5, 5.41) is 10.9. The number of nitrogens with zero attached hydrogens (tertiary/aromatic N) is 3. The molecule has 0 radical (unpaired) electrons. The third-order valence-electron chi connectivity index (χ3n) is 3.28. The second-order valence-electron chi connectivity index (χ2n) is 5.02. The number of benzene rings is 1. The summed E-state index contributed by atoms with van der Waals surface area (Å²) in [6.45, 7) is 1.29. The Morgan fingerprint density at radius 2 is 2.05 bits per heavy atom. The fourth-order valence-corrected chi connectivity index (χ4v) is 2.65. The Balaban J connectivity index is 1.91. The summed E-state index contributed by atoms with van der Waals surface area (Å²) in [6.07, 6.45) is 4.80. The van der Waals surface area contributed by atoms with E-state index in [4.69, 9.17) is 23.2 Å². The van der Waals surface area contributed by atoms with E-state index in [0.29, 0.717) is 22.2 Å². The predicted molar refractivity (Wildman–Crippen MR) is 85.9 cm³/mol. The van der Waals surface area contributed by atoms with Gasteiger partial charge in [0, 0.05) is 42.6 Å². The normalized spacial score (nSPS) is 12.2. The van der Waals surface area contributed by atoms with Crippen LogP contribution in [0.25, 0.3) is 0 Å². The lowest BCUT2D eigenvalue weighted by Gasteiger charge is -2.21. The summed E-state index contributed by atoms with van der Waals surface area (Å²) >= 11 is 11.8. The predicted octanol–water partition coefficient (Wildman–Crippen LogP) is 2.77. The number of aliphatic hydroxyl groups excluding tert-OH is 1. The Morgan fingerprint density at radius 3 is 2.64 bits per heavy atom. The van der Waals surface area contributed by atoms with Gasteiger partial charge < -0.3 is 14.6 Å². The number of amides is 1. The van der Waals surface area contributed by atoms with Crippen molar-refractivity contribution in [1.29, 1.82) is 0 Å². The minimum absolute atomic E-state index is 0.385. The van der Waals surface area contributed by atoms with Gasteiger partial charge in [0.2, 0.25) is 0 Å². The maximum absolute atomic E-state index is 12.2. The van der Waals surface area contributed by atoms with Crippen LogP contribution in [-0.4, -0.2) is 39.1 Å². The summed E-state index contributed by atoms with van der Waals surface area (Å²) in [5.74, 6) is -0.385. The zero-order chi connectivity index (χ0) is 16.1. The van der Waals surface area contributed by atoms with E-state index in [1.54, 1.807) is 25.6 Å². The van der Waals surface area contributed by atoms with Crippen LogP contribution in [-0.2, 0) is 11.3 Å². The minimum Gasteiger partial charge on any atom is -0.378 e. The van der Waals surface area contributed by atoms with Gasteiger partial charge in [0.25, 0.3) is 5.91 Å². The third-order valence-corrected chi connectivity index (χ3v) is 3.72. The first-order chi connectivity index (χ1) is 10.5. The molecule has 0 saturated carbocycles. The molecular formula is C15H17Cl2N3O2. The summed E-state index contributed by atoms with van der Waals surface area (Å²) in [6, 6.07) is 4.63. The van der Waals surface area contributed by atoms with Crippen LogP contribution in [0.2, 0.25) is 10.0 Å². The van der Waals surface area contributed by atoms with Crippen LogP contribution < -0.4 is 0 Å². The summed E-state index contributed by atoms with van der Waals surface area (Å²) < 4.78 is 1.94. The molecular weight excluding hydrogens is 325 g/mol. The van der Waals surface area contributed by atoms with Gasteiger partial charge in [-0.15, -0.1) is 0 Å². The molecule has 1 amide bonds. The molecule has 2 rings (SSSR count). The van der Waals surface area contributed by atoms with Gasteiger partial charge in [-0.25, -0.2) is 4.98 Å². The highest BCUT2D eigenvalue weighted by molar-refractivity contribution is 6.34. The van der Waals surface area contributed by atoms with Crippen molar-refractivity contribution in [1.82, 2.24) is 14.5 Å². The highest BCUT2D eigenvalue weighted by Gasteiger charge is 2.21. The van der Waals surface area contributed by atoms with E-state index in [1.807, 2.05) is 10.8 Å². The molecule has 0 saturated heterocycles. The maximum atomic E-state index is 12.2. The van der Waals surface area contributed by atoms with Crippen LogP contribution in [0, 0.1) is 0 Å². The highest BCUT2D eigenvalue weighted by atomic mass is 35.5. The lowest BCUT2D eigenvalue weighted by Crippen LogP contribution is -2.33. The minimum atomic E-state index is -1.27. The quantitative estimate of drug-likeness (QED) is 0.878. The molecule has 2 aromatic rings. The van der Waals surface area contributed by atoms with Crippen LogP contribution in [0.3, 0.4) is 0 Å². The zero-order valence-corrected chi connectivity index (χ0v) is 13.6. The average Bonchev–Trinajstić information content (AvgIpc) is 2.97. The molecule has 0 bridgehead atoms. The smallest absolute Gasteiger partial charge is 0.255 e. The van der Waals surface area contributed by atoms with Gasteiger partial charge in [-0.1, -0.05) is 23.2 Å². The highest BCUT2D eigenvalue weighted by Crippen LogP contribution is 2.24. The lowest BCUT2D eigenvalue weighted by atomic mass is 10.1. The molecule has 1 N–H and O–H groups in total. The van der Waals surface area contributed by atoms with Crippen molar-refractivity contribution >= 4 is 29.1 Å². The zero-order valence-electron chi connectivity index (χ0n) is 12.1. The van der Waals surface area contributed by atoms with Crippen LogP contribution in [0.4, 0.5) is 0 Å². The monoisotopic (exact) mass is 341 g/mol. The van der Waals surface area contributed by atoms with Gasteiger partial charge in [0.1, 0.15) is 0 Å². The van der Waals surface area contributed by atoms with Crippen molar-refractivity contribution in [3.8, 4) is 0 Å². The SMILES string of the molecule is CN(CCCn1ccnc1)C(=O)C(O)c1cc(Cl)cc(Cl)c1. The molecule has 0 aliphatic carbocycles. The van der Waals surface area contributed by atoms with Crippen molar-refractivity contribution < 1.29 is 9.90 Å². The Hall–Kier alpha value is -1.56. The van der Waals surface area contributed by atoms with Gasteiger partial charge in [0.15, 0.2) is 6.10 Å². The topological polar surface area (TPSA) is 58.4 Å². The van der Waals surface area contributed by atoms with Crippen molar-refractivity contribution in [2.45, 2.75) is 19.1 Å². The number of likely N-dealkylation sites (N-methyl/N-ethyl adjacent to an activating group) is 1. The number of rotatable bonds is 6. The second kappa shape index (κ2) is 7.63. The van der Waals surface area contributed by atoms with E-state index in [2.05, 4.69) is 4.98 Å². The van der Waals surface area contributed by atoms with Crippen LogP contribution in [0.15, 0.2) is 36.9 Å². The maximum Gasteiger partial charge on any atom is 0.255 e. The van der Waals surface area contributed by atoms with Crippen LogP contribution in [0.1, 0.15) is 18.1 Å². The fraction of sp³-hybridized carbons (Fsp3) is 0.333. The van der Waals surface area contributed by atoms with Gasteiger partial charge in [0.05, 0.1) is 6.33 Å². The number of aryl methyl sites for hydroxylation is 1. The third kappa shape index (κ3) is 4.47. The largest absolute Gasteiger partial charge is 0.378 e. The Morgan fingerprint density at radius 1 is 1.36 bits per heavy atom. The van der Waals surface area contributed by atoms with Crippen molar-refractivity contribution in [2.75, 3.05) is 13.6 Å². The first-order valence-corrected chi connectivity index (χ1v) is 7.58. The molecule has 1 aromatic heterocycles. The molecule has 1 unspecified atom stereocenters. The van der Waals surface area contributed by atoms with Gasteiger partial charge in [-0.2, -0.15) is 0 Å². The molecule has 1 atom stereocenters. The first-order valence-electron chi connectivity index (χ1n) is 6.82. The summed E-state index contributed by atoms with van der Waals surface area (Å²) in [7, 11) is 1.66. The summed E-state index contributed by atoms with van der Waals surface area (Å²) in [4.78, 5) is 17.7. The molecule has 1 heterocycles. The fourth-order valence-electron chi connectivity index (χ4n) is 2.10. The van der Waals surface area contributed by atoms with Crippen molar-refractivity contribution in [3.05, 3.63) is 52.5 Å². The Bertz CT molecular complexity index is 611. The molecule has 0 spiro atoms. The number of carbonyl (C=O) groups is 1. The molecule has 0 fully saturated rings. The van der Waals surface area contributed by atoms with Crippen LogP contribution >= 0.6 is 23.2 Å². The van der Waals surface area contributed by atoms with Crippen molar-refractivity contribution in [3.63, 3.8) is 0 Å². The van der Waals surface area contributed by atoms with E-state index in [9.17, 15) is 9.90 Å². The lowest BCUT2D eigenvalue weighted by molar-refractivity contribution is -0.139.